The second-order valence-electron chi connectivity index (χ2n) is 4.54. The molecule has 0 aliphatic heterocycles. The first-order chi connectivity index (χ1) is 7.18. The zero-order valence-corrected chi connectivity index (χ0v) is 11.2. The van der Waals surface area contributed by atoms with Gasteiger partial charge in [0.15, 0.2) is 9.84 Å². The Bertz CT molecular complexity index is 325. The third kappa shape index (κ3) is 5.46. The Hall–Kier alpha value is -0.620. The highest BCUT2D eigenvalue weighted by Crippen LogP contribution is 2.05. The normalized spacial score (nSPS) is 15.9. The van der Waals surface area contributed by atoms with Crippen molar-refractivity contribution in [3.8, 4) is 0 Å². The number of hydrogen-bond acceptors (Lipinski definition) is 4. The molecule has 0 saturated carbocycles. The predicted octanol–water partition coefficient (Wildman–Crippen LogP) is -0.0909. The summed E-state index contributed by atoms with van der Waals surface area (Å²) in [6.45, 7) is 5.75. The van der Waals surface area contributed by atoms with Crippen molar-refractivity contribution in [2.45, 2.75) is 38.5 Å². The molecule has 1 amide bonds. The summed E-state index contributed by atoms with van der Waals surface area (Å²) in [5.41, 5.74) is 5.51. The molecule has 0 rings (SSSR count). The summed E-state index contributed by atoms with van der Waals surface area (Å²) in [6.07, 6.45) is 1.80. The minimum atomic E-state index is -3.34. The highest BCUT2D eigenvalue weighted by molar-refractivity contribution is 7.92. The Labute approximate surface area is 97.7 Å². The number of carbonyl (C=O) groups excluding carboxylic acids is 1. The van der Waals surface area contributed by atoms with Gasteiger partial charge in [0, 0.05) is 18.8 Å². The molecule has 16 heavy (non-hydrogen) atoms. The fraction of sp³-hybridized carbons (Fsp3) is 0.900. The SMILES string of the molecule is CC(C)CC(CN)NC(=O)C(C)S(C)(=O)=O. The van der Waals surface area contributed by atoms with E-state index in [-0.39, 0.29) is 6.04 Å². The third-order valence-corrected chi connectivity index (χ3v) is 3.90. The maximum Gasteiger partial charge on any atom is 0.238 e. The zero-order valence-electron chi connectivity index (χ0n) is 10.4. The predicted molar refractivity (Wildman–Crippen MR) is 64.7 cm³/mol. The molecule has 2 atom stereocenters. The zero-order chi connectivity index (χ0) is 12.9. The van der Waals surface area contributed by atoms with Crippen LogP contribution in [0.5, 0.6) is 0 Å². The molecular weight excluding hydrogens is 228 g/mol. The number of hydrogen-bond donors (Lipinski definition) is 2. The summed E-state index contributed by atoms with van der Waals surface area (Å²) in [5, 5.41) is 1.64. The van der Waals surface area contributed by atoms with Crippen molar-refractivity contribution in [3.05, 3.63) is 0 Å². The molecule has 0 aromatic carbocycles. The maximum absolute atomic E-state index is 11.6. The Morgan fingerprint density at radius 2 is 1.81 bits per heavy atom. The van der Waals surface area contributed by atoms with Crippen molar-refractivity contribution in [3.63, 3.8) is 0 Å². The molecule has 0 radical (unpaired) electrons. The van der Waals surface area contributed by atoms with Gasteiger partial charge in [-0.15, -0.1) is 0 Å². The quantitative estimate of drug-likeness (QED) is 0.689. The van der Waals surface area contributed by atoms with E-state index in [4.69, 9.17) is 5.73 Å². The van der Waals surface area contributed by atoms with Gasteiger partial charge in [0.2, 0.25) is 5.91 Å². The Morgan fingerprint density at radius 3 is 2.12 bits per heavy atom. The van der Waals surface area contributed by atoms with Gasteiger partial charge < -0.3 is 11.1 Å². The number of sulfone groups is 1. The fourth-order valence-corrected chi connectivity index (χ4v) is 1.75. The average molecular weight is 250 g/mol. The first kappa shape index (κ1) is 15.4. The van der Waals surface area contributed by atoms with E-state index < -0.39 is 21.0 Å². The van der Waals surface area contributed by atoms with Crippen LogP contribution in [-0.4, -0.2) is 38.4 Å². The molecular formula is C10H22N2O3S. The van der Waals surface area contributed by atoms with E-state index >= 15 is 0 Å². The smallest absolute Gasteiger partial charge is 0.238 e. The van der Waals surface area contributed by atoms with Gasteiger partial charge in [0.25, 0.3) is 0 Å². The summed E-state index contributed by atoms with van der Waals surface area (Å²) in [7, 11) is -3.34. The van der Waals surface area contributed by atoms with Gasteiger partial charge in [-0.1, -0.05) is 13.8 Å². The first-order valence-corrected chi connectivity index (χ1v) is 7.33. The van der Waals surface area contributed by atoms with Crippen LogP contribution in [0.15, 0.2) is 0 Å². The van der Waals surface area contributed by atoms with E-state index in [9.17, 15) is 13.2 Å². The number of nitrogens with two attached hydrogens (primary N) is 1. The van der Waals surface area contributed by atoms with Crippen LogP contribution in [0.3, 0.4) is 0 Å². The molecule has 96 valence electrons. The Balaban J connectivity index is 4.42. The summed E-state index contributed by atoms with van der Waals surface area (Å²) >= 11 is 0. The lowest BCUT2D eigenvalue weighted by Crippen LogP contribution is -2.46. The van der Waals surface area contributed by atoms with Gasteiger partial charge in [-0.25, -0.2) is 8.42 Å². The standard InChI is InChI=1S/C10H22N2O3S/c1-7(2)5-9(6-11)12-10(13)8(3)16(4,14)15/h7-9H,5-6,11H2,1-4H3,(H,12,13). The molecule has 3 N–H and O–H groups in total. The first-order valence-electron chi connectivity index (χ1n) is 5.37. The molecule has 0 aromatic heterocycles. The third-order valence-electron chi connectivity index (χ3n) is 2.40. The molecule has 0 spiro atoms. The van der Waals surface area contributed by atoms with Crippen LogP contribution >= 0.6 is 0 Å². The number of nitrogens with one attached hydrogen (secondary N) is 1. The van der Waals surface area contributed by atoms with Crippen LogP contribution in [0, 0.1) is 5.92 Å². The van der Waals surface area contributed by atoms with E-state index in [0.717, 1.165) is 12.7 Å². The van der Waals surface area contributed by atoms with Crippen LogP contribution in [0.4, 0.5) is 0 Å². The van der Waals surface area contributed by atoms with Crippen molar-refractivity contribution in [1.29, 1.82) is 0 Å². The van der Waals surface area contributed by atoms with Crippen molar-refractivity contribution in [2.75, 3.05) is 12.8 Å². The monoisotopic (exact) mass is 250 g/mol. The van der Waals surface area contributed by atoms with Gasteiger partial charge >= 0.3 is 0 Å². The van der Waals surface area contributed by atoms with Gasteiger partial charge in [0.05, 0.1) is 0 Å². The highest BCUT2D eigenvalue weighted by Gasteiger charge is 2.25. The molecule has 0 aromatic rings. The van der Waals surface area contributed by atoms with Crippen LogP contribution in [0.2, 0.25) is 0 Å². The topological polar surface area (TPSA) is 89.3 Å². The van der Waals surface area contributed by atoms with E-state index in [0.29, 0.717) is 12.5 Å². The van der Waals surface area contributed by atoms with Crippen LogP contribution in [-0.2, 0) is 14.6 Å². The number of amides is 1. The lowest BCUT2D eigenvalue weighted by Gasteiger charge is -2.20. The maximum atomic E-state index is 11.6. The van der Waals surface area contributed by atoms with Crippen LogP contribution in [0.1, 0.15) is 27.2 Å². The van der Waals surface area contributed by atoms with Crippen LogP contribution in [0.25, 0.3) is 0 Å². The van der Waals surface area contributed by atoms with E-state index in [1.807, 2.05) is 13.8 Å². The van der Waals surface area contributed by atoms with E-state index in [2.05, 4.69) is 5.32 Å². The molecule has 0 bridgehead atoms. The van der Waals surface area contributed by atoms with E-state index in [1.165, 1.54) is 6.92 Å². The number of rotatable bonds is 6. The second-order valence-corrected chi connectivity index (χ2v) is 6.91. The molecule has 2 unspecified atom stereocenters. The summed E-state index contributed by atoms with van der Waals surface area (Å²) < 4.78 is 22.3. The largest absolute Gasteiger partial charge is 0.351 e. The molecule has 0 fully saturated rings. The molecule has 6 heteroatoms. The average Bonchev–Trinajstić information content (AvgIpc) is 2.13. The van der Waals surface area contributed by atoms with Crippen molar-refractivity contribution in [2.24, 2.45) is 11.7 Å². The van der Waals surface area contributed by atoms with Gasteiger partial charge in [0.1, 0.15) is 5.25 Å². The lowest BCUT2D eigenvalue weighted by atomic mass is 10.0. The van der Waals surface area contributed by atoms with Gasteiger partial charge in [-0.3, -0.25) is 4.79 Å². The minimum absolute atomic E-state index is 0.156. The van der Waals surface area contributed by atoms with Crippen molar-refractivity contribution in [1.82, 2.24) is 5.32 Å². The summed E-state index contributed by atoms with van der Waals surface area (Å²) in [5.74, 6) is -0.0685. The molecule has 0 aliphatic carbocycles. The van der Waals surface area contributed by atoms with Gasteiger partial charge in [-0.2, -0.15) is 0 Å². The fourth-order valence-electron chi connectivity index (χ4n) is 1.30. The molecule has 5 nitrogen and oxygen atoms in total. The Kier molecular flexibility index (Phi) is 5.96. The van der Waals surface area contributed by atoms with Crippen molar-refractivity contribution < 1.29 is 13.2 Å². The van der Waals surface area contributed by atoms with Crippen LogP contribution < -0.4 is 11.1 Å². The van der Waals surface area contributed by atoms with E-state index in [1.54, 1.807) is 0 Å². The molecule has 0 heterocycles. The lowest BCUT2D eigenvalue weighted by molar-refractivity contribution is -0.121. The molecule has 0 aliphatic rings. The molecule has 0 saturated heterocycles. The Morgan fingerprint density at radius 1 is 1.31 bits per heavy atom. The highest BCUT2D eigenvalue weighted by atomic mass is 32.2. The summed E-state index contributed by atoms with van der Waals surface area (Å²) in [6, 6.07) is -0.156. The second kappa shape index (κ2) is 6.20. The van der Waals surface area contributed by atoms with Gasteiger partial charge in [-0.05, 0) is 19.3 Å². The van der Waals surface area contributed by atoms with Crippen molar-refractivity contribution >= 4 is 15.7 Å². The summed E-state index contributed by atoms with van der Waals surface area (Å²) in [4.78, 5) is 11.6. The minimum Gasteiger partial charge on any atom is -0.351 e. The number of carbonyl (C=O) groups is 1.